The van der Waals surface area contributed by atoms with Gasteiger partial charge in [0.25, 0.3) is 0 Å². The third kappa shape index (κ3) is 7.90. The third-order valence-corrected chi connectivity index (χ3v) is 5.56. The second-order valence-electron chi connectivity index (χ2n) is 8.12. The Labute approximate surface area is 208 Å². The maximum Gasteiger partial charge on any atom is 0.243 e. The van der Waals surface area contributed by atoms with E-state index < -0.39 is 0 Å². The fourth-order valence-electron chi connectivity index (χ4n) is 3.69. The molecule has 0 aliphatic carbocycles. The number of likely N-dealkylation sites (N-methyl/N-ethyl adjacent to an activating group) is 1. The van der Waals surface area contributed by atoms with Gasteiger partial charge in [-0.1, -0.05) is 42.5 Å². The largest absolute Gasteiger partial charge is 0.379 e. The fourth-order valence-corrected chi connectivity index (χ4v) is 3.69. The van der Waals surface area contributed by atoms with Gasteiger partial charge in [-0.3, -0.25) is 9.69 Å². The van der Waals surface area contributed by atoms with Gasteiger partial charge in [0.2, 0.25) is 5.91 Å². The smallest absolute Gasteiger partial charge is 0.243 e. The molecule has 2 aromatic carbocycles. The highest BCUT2D eigenvalue weighted by molar-refractivity contribution is 14.0. The van der Waals surface area contributed by atoms with Crippen LogP contribution in [0.25, 0.3) is 10.8 Å². The van der Waals surface area contributed by atoms with Crippen molar-refractivity contribution in [1.82, 2.24) is 20.4 Å². The molecule has 2 aromatic rings. The minimum absolute atomic E-state index is 0. The predicted molar refractivity (Wildman–Crippen MR) is 142 cm³/mol. The molecule has 1 fully saturated rings. The van der Waals surface area contributed by atoms with E-state index in [9.17, 15) is 4.79 Å². The third-order valence-electron chi connectivity index (χ3n) is 5.56. The number of carbonyl (C=O) groups is 1. The van der Waals surface area contributed by atoms with Crippen LogP contribution in [-0.4, -0.2) is 81.7 Å². The lowest BCUT2D eigenvalue weighted by Gasteiger charge is -2.26. The zero-order valence-corrected chi connectivity index (χ0v) is 21.7. The summed E-state index contributed by atoms with van der Waals surface area (Å²) in [5.41, 5.74) is 1.21. The van der Waals surface area contributed by atoms with Crippen LogP contribution in [0.2, 0.25) is 0 Å². The molecule has 0 spiro atoms. The molecule has 1 atom stereocenters. The molecule has 8 heteroatoms. The van der Waals surface area contributed by atoms with Crippen LogP contribution in [0, 0.1) is 0 Å². The van der Waals surface area contributed by atoms with E-state index >= 15 is 0 Å². The molecule has 0 saturated carbocycles. The average Bonchev–Trinajstić information content (AvgIpc) is 2.79. The summed E-state index contributed by atoms with van der Waals surface area (Å²) >= 11 is 0. The zero-order chi connectivity index (χ0) is 22.1. The molecule has 176 valence electrons. The Kier molecular flexibility index (Phi) is 11.2. The second kappa shape index (κ2) is 13.6. The number of guanidine groups is 1. The van der Waals surface area contributed by atoms with Gasteiger partial charge < -0.3 is 20.3 Å². The van der Waals surface area contributed by atoms with E-state index in [4.69, 9.17) is 4.74 Å². The number of hydrogen-bond donors (Lipinski definition) is 2. The lowest BCUT2D eigenvalue weighted by Crippen LogP contribution is -2.42. The zero-order valence-electron chi connectivity index (χ0n) is 19.3. The molecule has 0 aromatic heterocycles. The first-order chi connectivity index (χ1) is 15.0. The quantitative estimate of drug-likeness (QED) is 0.228. The molecule has 2 N–H and O–H groups in total. The highest BCUT2D eigenvalue weighted by atomic mass is 127. The maximum atomic E-state index is 12.1. The Bertz CT molecular complexity index is 878. The summed E-state index contributed by atoms with van der Waals surface area (Å²) < 4.78 is 5.41. The van der Waals surface area contributed by atoms with Crippen LogP contribution in [0.3, 0.4) is 0 Å². The molecule has 3 rings (SSSR count). The van der Waals surface area contributed by atoms with Gasteiger partial charge in [-0.05, 0) is 36.2 Å². The van der Waals surface area contributed by atoms with Crippen LogP contribution in [0.4, 0.5) is 0 Å². The SMILES string of the molecule is CC(NC(=NCC(=O)N(C)C)NCCCN1CCOCC1)c1cccc2ccccc12.I. The van der Waals surface area contributed by atoms with E-state index in [1.807, 2.05) is 0 Å². The molecule has 7 nitrogen and oxygen atoms in total. The molecule has 1 amide bonds. The second-order valence-corrected chi connectivity index (χ2v) is 8.12. The van der Waals surface area contributed by atoms with Crippen molar-refractivity contribution in [2.24, 2.45) is 4.99 Å². The minimum atomic E-state index is -0.0211. The van der Waals surface area contributed by atoms with Gasteiger partial charge in [0.05, 0.1) is 19.3 Å². The van der Waals surface area contributed by atoms with Gasteiger partial charge >= 0.3 is 0 Å². The van der Waals surface area contributed by atoms with Crippen molar-refractivity contribution >= 4 is 46.6 Å². The summed E-state index contributed by atoms with van der Waals surface area (Å²) in [7, 11) is 3.50. The Hall–Kier alpha value is -1.91. The van der Waals surface area contributed by atoms with E-state index in [1.54, 1.807) is 19.0 Å². The first-order valence-electron chi connectivity index (χ1n) is 11.1. The summed E-state index contributed by atoms with van der Waals surface area (Å²) in [4.78, 5) is 20.6. The number of nitrogens with zero attached hydrogens (tertiary/aromatic N) is 3. The summed E-state index contributed by atoms with van der Waals surface area (Å²) in [6, 6.07) is 14.8. The maximum absolute atomic E-state index is 12.1. The van der Waals surface area contributed by atoms with Crippen molar-refractivity contribution in [3.8, 4) is 0 Å². The first-order valence-corrected chi connectivity index (χ1v) is 11.1. The topological polar surface area (TPSA) is 69.2 Å². The van der Waals surface area contributed by atoms with E-state index in [1.165, 1.54) is 16.3 Å². The van der Waals surface area contributed by atoms with Crippen LogP contribution in [0.1, 0.15) is 24.9 Å². The molecule has 0 bridgehead atoms. The molecule has 1 aliphatic heterocycles. The Morgan fingerprint density at radius 3 is 2.62 bits per heavy atom. The number of benzene rings is 2. The highest BCUT2D eigenvalue weighted by Crippen LogP contribution is 2.23. The number of hydrogen-bond acceptors (Lipinski definition) is 4. The number of nitrogens with one attached hydrogen (secondary N) is 2. The van der Waals surface area contributed by atoms with Crippen LogP contribution in [0.15, 0.2) is 47.5 Å². The average molecular weight is 553 g/mol. The number of carbonyl (C=O) groups excluding carboxylic acids is 1. The van der Waals surface area contributed by atoms with Crippen LogP contribution in [-0.2, 0) is 9.53 Å². The summed E-state index contributed by atoms with van der Waals surface area (Å²) in [6.07, 6.45) is 1.00. The van der Waals surface area contributed by atoms with Crippen molar-refractivity contribution in [2.45, 2.75) is 19.4 Å². The van der Waals surface area contributed by atoms with Crippen LogP contribution >= 0.6 is 24.0 Å². The highest BCUT2D eigenvalue weighted by Gasteiger charge is 2.13. The first kappa shape index (κ1) is 26.3. The number of fused-ring (bicyclic) bond motifs is 1. The van der Waals surface area contributed by atoms with Crippen molar-refractivity contribution in [1.29, 1.82) is 0 Å². The van der Waals surface area contributed by atoms with Crippen LogP contribution in [0.5, 0.6) is 0 Å². The van der Waals surface area contributed by atoms with E-state index in [2.05, 4.69) is 69.9 Å². The van der Waals surface area contributed by atoms with Gasteiger partial charge in [0.1, 0.15) is 6.54 Å². The van der Waals surface area contributed by atoms with Gasteiger partial charge in [0, 0.05) is 33.7 Å². The summed E-state index contributed by atoms with van der Waals surface area (Å²) in [5, 5.41) is 9.34. The predicted octanol–water partition coefficient (Wildman–Crippen LogP) is 2.86. The minimum Gasteiger partial charge on any atom is -0.379 e. The number of ether oxygens (including phenoxy) is 1. The Morgan fingerprint density at radius 1 is 1.16 bits per heavy atom. The molecular formula is C24H36IN5O2. The van der Waals surface area contributed by atoms with Gasteiger partial charge in [0.15, 0.2) is 5.96 Å². The number of morpholine rings is 1. The molecule has 32 heavy (non-hydrogen) atoms. The van der Waals surface area contributed by atoms with Crippen LogP contribution < -0.4 is 10.6 Å². The lowest BCUT2D eigenvalue weighted by molar-refractivity contribution is -0.127. The number of rotatable bonds is 8. The van der Waals surface area contributed by atoms with Gasteiger partial charge in [-0.25, -0.2) is 4.99 Å². The molecule has 1 saturated heterocycles. The summed E-state index contributed by atoms with van der Waals surface area (Å²) in [6.45, 7) is 7.69. The summed E-state index contributed by atoms with van der Waals surface area (Å²) in [5.74, 6) is 0.643. The molecule has 1 aliphatic rings. The van der Waals surface area contributed by atoms with Gasteiger partial charge in [-0.15, -0.1) is 24.0 Å². The molecular weight excluding hydrogens is 517 g/mol. The molecule has 0 radical (unpaired) electrons. The van der Waals surface area contributed by atoms with E-state index in [-0.39, 0.29) is 42.5 Å². The normalized spacial score (nSPS) is 15.7. The molecule has 1 heterocycles. The van der Waals surface area contributed by atoms with Gasteiger partial charge in [-0.2, -0.15) is 0 Å². The standard InChI is InChI=1S/C24H35N5O2.HI/c1-19(21-11-6-9-20-8-4-5-10-22(20)21)27-24(26-18-23(30)28(2)3)25-12-7-13-29-14-16-31-17-15-29;/h4-6,8-11,19H,7,12-18H2,1-3H3,(H2,25,26,27);1H. The van der Waals surface area contributed by atoms with E-state index in [0.29, 0.717) is 5.96 Å². The molecule has 1 unspecified atom stereocenters. The lowest BCUT2D eigenvalue weighted by atomic mass is 10.00. The number of halogens is 1. The van der Waals surface area contributed by atoms with E-state index in [0.717, 1.165) is 45.8 Å². The Balaban J connectivity index is 0.00000363. The number of amides is 1. The van der Waals surface area contributed by atoms with Crippen molar-refractivity contribution in [2.75, 3.05) is 60.0 Å². The van der Waals surface area contributed by atoms with Crippen molar-refractivity contribution in [3.05, 3.63) is 48.0 Å². The monoisotopic (exact) mass is 553 g/mol. The Morgan fingerprint density at radius 2 is 1.88 bits per heavy atom. The fraction of sp³-hybridized carbons (Fsp3) is 0.500. The van der Waals surface area contributed by atoms with Crippen molar-refractivity contribution < 1.29 is 9.53 Å². The number of aliphatic imine (C=N–C) groups is 1. The van der Waals surface area contributed by atoms with Crippen molar-refractivity contribution in [3.63, 3.8) is 0 Å².